The number of hydrogen-bond donors (Lipinski definition) is 0. The fourth-order valence-corrected chi connectivity index (χ4v) is 3.73. The minimum absolute atomic E-state index is 0.0292. The van der Waals surface area contributed by atoms with Crippen LogP contribution >= 0.6 is 0 Å². The van der Waals surface area contributed by atoms with Crippen LogP contribution in [0, 0.1) is 13.8 Å². The number of nitrogens with zero attached hydrogens (tertiary/aromatic N) is 4. The molecule has 0 aliphatic carbocycles. The van der Waals surface area contributed by atoms with Gasteiger partial charge >= 0.3 is 0 Å². The van der Waals surface area contributed by atoms with Gasteiger partial charge in [-0.2, -0.15) is 5.10 Å². The van der Waals surface area contributed by atoms with Gasteiger partial charge in [0, 0.05) is 31.9 Å². The summed E-state index contributed by atoms with van der Waals surface area (Å²) in [5, 5.41) is 4.56. The Labute approximate surface area is 171 Å². The molecule has 0 bridgehead atoms. The molecular weight excluding hydrogens is 364 g/mol. The van der Waals surface area contributed by atoms with Gasteiger partial charge in [0.25, 0.3) is 5.91 Å². The Bertz CT molecular complexity index is 1000. The van der Waals surface area contributed by atoms with Crippen molar-refractivity contribution in [2.75, 3.05) is 38.2 Å². The van der Waals surface area contributed by atoms with Crippen molar-refractivity contribution in [1.82, 2.24) is 14.7 Å². The largest absolute Gasteiger partial charge is 0.497 e. The van der Waals surface area contributed by atoms with Crippen LogP contribution in [0.1, 0.15) is 21.7 Å². The molecule has 29 heavy (non-hydrogen) atoms. The van der Waals surface area contributed by atoms with Crippen LogP contribution in [0.3, 0.4) is 0 Å². The van der Waals surface area contributed by atoms with Crippen molar-refractivity contribution in [2.45, 2.75) is 13.8 Å². The molecule has 6 nitrogen and oxygen atoms in total. The maximum absolute atomic E-state index is 13.2. The smallest absolute Gasteiger partial charge is 0.272 e. The summed E-state index contributed by atoms with van der Waals surface area (Å²) in [7, 11) is 1.67. The van der Waals surface area contributed by atoms with Crippen molar-refractivity contribution in [3.63, 3.8) is 0 Å². The lowest BCUT2D eigenvalue weighted by molar-refractivity contribution is 0.0737. The zero-order valence-electron chi connectivity index (χ0n) is 17.1. The Hall–Kier alpha value is -3.28. The Morgan fingerprint density at radius 1 is 0.931 bits per heavy atom. The van der Waals surface area contributed by atoms with Gasteiger partial charge in [-0.1, -0.05) is 12.1 Å². The first-order valence-corrected chi connectivity index (χ1v) is 9.87. The first-order valence-electron chi connectivity index (χ1n) is 9.87. The lowest BCUT2D eigenvalue weighted by Crippen LogP contribution is -2.49. The molecule has 2 heterocycles. The molecule has 6 heteroatoms. The third-order valence-electron chi connectivity index (χ3n) is 5.30. The molecule has 0 N–H and O–H groups in total. The number of benzene rings is 2. The lowest BCUT2D eigenvalue weighted by atomic mass is 10.2. The van der Waals surface area contributed by atoms with Crippen LogP contribution in [0.5, 0.6) is 5.75 Å². The van der Waals surface area contributed by atoms with Crippen molar-refractivity contribution in [3.8, 4) is 11.4 Å². The Kier molecular flexibility index (Phi) is 5.25. The van der Waals surface area contributed by atoms with Gasteiger partial charge in [0.05, 0.1) is 18.5 Å². The first kappa shape index (κ1) is 19.1. The molecular formula is C23H26N4O2. The molecule has 2 aromatic carbocycles. The van der Waals surface area contributed by atoms with Gasteiger partial charge < -0.3 is 14.5 Å². The molecule has 0 radical (unpaired) electrons. The second-order valence-corrected chi connectivity index (χ2v) is 7.40. The second kappa shape index (κ2) is 7.99. The van der Waals surface area contributed by atoms with Crippen molar-refractivity contribution in [1.29, 1.82) is 0 Å². The van der Waals surface area contributed by atoms with Gasteiger partial charge in [-0.25, -0.2) is 4.68 Å². The Balaban J connectivity index is 1.49. The SMILES string of the molecule is COc1ccc(N2CCN(C(=O)c3cc(C)nn3-c3cccc(C)c3)CC2)cc1. The highest BCUT2D eigenvalue weighted by atomic mass is 16.5. The maximum Gasteiger partial charge on any atom is 0.272 e. The number of carbonyl (C=O) groups excluding carboxylic acids is 1. The first-order chi connectivity index (χ1) is 14.0. The van der Waals surface area contributed by atoms with Gasteiger partial charge in [-0.3, -0.25) is 4.79 Å². The summed E-state index contributed by atoms with van der Waals surface area (Å²) in [6.45, 7) is 6.93. The Morgan fingerprint density at radius 2 is 1.66 bits per heavy atom. The molecule has 1 aliphatic rings. The van der Waals surface area contributed by atoms with Crippen LogP contribution in [0.15, 0.2) is 54.6 Å². The van der Waals surface area contributed by atoms with E-state index in [4.69, 9.17) is 4.74 Å². The van der Waals surface area contributed by atoms with E-state index in [1.165, 1.54) is 0 Å². The van der Waals surface area contributed by atoms with Crippen LogP contribution in [0.2, 0.25) is 0 Å². The monoisotopic (exact) mass is 390 g/mol. The van der Waals surface area contributed by atoms with Gasteiger partial charge in [0.15, 0.2) is 0 Å². The number of methoxy groups -OCH3 is 1. The van der Waals surface area contributed by atoms with Crippen LogP contribution in [0.4, 0.5) is 5.69 Å². The lowest BCUT2D eigenvalue weighted by Gasteiger charge is -2.36. The maximum atomic E-state index is 13.2. The van der Waals surface area contributed by atoms with Crippen LogP contribution in [0.25, 0.3) is 5.69 Å². The van der Waals surface area contributed by atoms with E-state index >= 15 is 0 Å². The number of aromatic nitrogens is 2. The topological polar surface area (TPSA) is 50.6 Å². The van der Waals surface area contributed by atoms with E-state index in [9.17, 15) is 4.79 Å². The summed E-state index contributed by atoms with van der Waals surface area (Å²) in [4.78, 5) is 17.5. The summed E-state index contributed by atoms with van der Waals surface area (Å²) >= 11 is 0. The highest BCUT2D eigenvalue weighted by Gasteiger charge is 2.25. The molecule has 1 aromatic heterocycles. The molecule has 1 fully saturated rings. The van der Waals surface area contributed by atoms with E-state index in [2.05, 4.69) is 22.1 Å². The molecule has 0 atom stereocenters. The highest BCUT2D eigenvalue weighted by molar-refractivity contribution is 5.93. The number of aryl methyl sites for hydroxylation is 2. The molecule has 0 spiro atoms. The van der Waals surface area contributed by atoms with Crippen LogP contribution in [-0.2, 0) is 0 Å². The average molecular weight is 390 g/mol. The molecule has 150 valence electrons. The molecule has 4 rings (SSSR count). The number of amides is 1. The minimum Gasteiger partial charge on any atom is -0.497 e. The van der Waals surface area contributed by atoms with Gasteiger partial charge in [-0.15, -0.1) is 0 Å². The predicted molar refractivity (Wildman–Crippen MR) is 114 cm³/mol. The normalized spacial score (nSPS) is 14.2. The number of ether oxygens (including phenoxy) is 1. The van der Waals surface area contributed by atoms with Gasteiger partial charge in [0.2, 0.25) is 0 Å². The van der Waals surface area contributed by atoms with E-state index in [0.29, 0.717) is 18.8 Å². The summed E-state index contributed by atoms with van der Waals surface area (Å²) in [5.74, 6) is 0.879. The van der Waals surface area contributed by atoms with E-state index in [0.717, 1.165) is 41.5 Å². The summed E-state index contributed by atoms with van der Waals surface area (Å²) < 4.78 is 7.00. The average Bonchev–Trinajstić information content (AvgIpc) is 3.15. The molecule has 0 unspecified atom stereocenters. The third kappa shape index (κ3) is 3.97. The van der Waals surface area contributed by atoms with Gasteiger partial charge in [0.1, 0.15) is 11.4 Å². The van der Waals surface area contributed by atoms with E-state index in [1.54, 1.807) is 11.8 Å². The summed E-state index contributed by atoms with van der Waals surface area (Å²) in [6, 6.07) is 18.0. The number of hydrogen-bond acceptors (Lipinski definition) is 4. The minimum atomic E-state index is 0.0292. The predicted octanol–water partition coefficient (Wildman–Crippen LogP) is 3.46. The molecule has 3 aromatic rings. The summed E-state index contributed by atoms with van der Waals surface area (Å²) in [5.41, 5.74) is 4.66. The highest BCUT2D eigenvalue weighted by Crippen LogP contribution is 2.22. The van der Waals surface area contributed by atoms with Crippen molar-refractivity contribution in [3.05, 3.63) is 71.5 Å². The van der Waals surface area contributed by atoms with E-state index in [-0.39, 0.29) is 5.91 Å². The van der Waals surface area contributed by atoms with Crippen molar-refractivity contribution < 1.29 is 9.53 Å². The number of piperazine rings is 1. The number of carbonyl (C=O) groups is 1. The number of anilines is 1. The molecule has 1 aliphatic heterocycles. The quantitative estimate of drug-likeness (QED) is 0.685. The van der Waals surface area contributed by atoms with Gasteiger partial charge in [-0.05, 0) is 61.9 Å². The van der Waals surface area contributed by atoms with Crippen molar-refractivity contribution >= 4 is 11.6 Å². The zero-order chi connectivity index (χ0) is 20.4. The Morgan fingerprint density at radius 3 is 2.31 bits per heavy atom. The summed E-state index contributed by atoms with van der Waals surface area (Å²) in [6.07, 6.45) is 0. The van der Waals surface area contributed by atoms with E-state index < -0.39 is 0 Å². The van der Waals surface area contributed by atoms with Crippen molar-refractivity contribution in [2.24, 2.45) is 0 Å². The fourth-order valence-electron chi connectivity index (χ4n) is 3.73. The fraction of sp³-hybridized carbons (Fsp3) is 0.304. The second-order valence-electron chi connectivity index (χ2n) is 7.40. The van der Waals surface area contributed by atoms with Crippen LogP contribution in [-0.4, -0.2) is 53.9 Å². The number of rotatable bonds is 4. The molecule has 0 saturated carbocycles. The molecule has 1 amide bonds. The van der Waals surface area contributed by atoms with Crippen LogP contribution < -0.4 is 9.64 Å². The zero-order valence-corrected chi connectivity index (χ0v) is 17.1. The third-order valence-corrected chi connectivity index (χ3v) is 5.30. The standard InChI is InChI=1S/C23H26N4O2/c1-17-5-4-6-20(15-17)27-22(16-18(2)24-27)23(28)26-13-11-25(12-14-26)19-7-9-21(29-3)10-8-19/h4-10,15-16H,11-14H2,1-3H3. The molecule has 1 saturated heterocycles. The van der Waals surface area contributed by atoms with E-state index in [1.807, 2.05) is 61.2 Å².